The number of hydrogen-bond donors (Lipinski definition) is 1. The molecule has 0 radical (unpaired) electrons. The Morgan fingerprint density at radius 3 is 2.23 bits per heavy atom. The van der Waals surface area contributed by atoms with Gasteiger partial charge in [-0.15, -0.1) is 0 Å². The Bertz CT molecular complexity index is 737. The summed E-state index contributed by atoms with van der Waals surface area (Å²) in [5, 5.41) is 2.76. The highest BCUT2D eigenvalue weighted by molar-refractivity contribution is 7.89. The van der Waals surface area contributed by atoms with Gasteiger partial charge < -0.3 is 14.8 Å². The normalized spacial score (nSPS) is 11.9. The van der Waals surface area contributed by atoms with Crippen molar-refractivity contribution in [2.24, 2.45) is 0 Å². The molecule has 0 atom stereocenters. The van der Waals surface area contributed by atoms with Crippen LogP contribution in [0.3, 0.4) is 0 Å². The van der Waals surface area contributed by atoms with E-state index in [0.29, 0.717) is 19.6 Å². The summed E-state index contributed by atoms with van der Waals surface area (Å²) in [6.07, 6.45) is 1.24. The number of nitrogens with zero attached hydrogens (tertiary/aromatic N) is 3. The third-order valence-electron chi connectivity index (χ3n) is 4.26. The van der Waals surface area contributed by atoms with E-state index in [0.717, 1.165) is 24.2 Å². The number of carbonyl (C=O) groups excluding carboxylic acids is 1. The number of nitrogens with one attached hydrogen (secondary N) is 1. The Morgan fingerprint density at radius 2 is 1.69 bits per heavy atom. The SMILES string of the molecule is CCN(CC)CCNC(=O)Cn1cc(S(=O)(=O)N(CC)CC)ccc1=O. The van der Waals surface area contributed by atoms with E-state index in [-0.39, 0.29) is 17.3 Å². The Balaban J connectivity index is 2.85. The minimum absolute atomic E-state index is 0.0109. The number of hydrogen-bond acceptors (Lipinski definition) is 5. The molecule has 148 valence electrons. The van der Waals surface area contributed by atoms with Crippen LogP contribution < -0.4 is 10.9 Å². The van der Waals surface area contributed by atoms with Crippen molar-refractivity contribution in [3.63, 3.8) is 0 Å². The second kappa shape index (κ2) is 10.4. The zero-order chi connectivity index (χ0) is 19.7. The molecule has 26 heavy (non-hydrogen) atoms. The second-order valence-electron chi connectivity index (χ2n) is 5.80. The molecule has 8 nitrogen and oxygen atoms in total. The second-order valence-corrected chi connectivity index (χ2v) is 7.74. The van der Waals surface area contributed by atoms with E-state index in [9.17, 15) is 18.0 Å². The molecule has 0 bridgehead atoms. The third-order valence-corrected chi connectivity index (χ3v) is 6.29. The Hall–Kier alpha value is -1.71. The molecule has 0 saturated heterocycles. The smallest absolute Gasteiger partial charge is 0.251 e. The van der Waals surface area contributed by atoms with Gasteiger partial charge in [0.25, 0.3) is 5.56 Å². The molecule has 0 unspecified atom stereocenters. The first kappa shape index (κ1) is 22.3. The fraction of sp³-hybridized carbons (Fsp3) is 0.647. The number of rotatable bonds is 11. The van der Waals surface area contributed by atoms with Crippen molar-refractivity contribution >= 4 is 15.9 Å². The maximum Gasteiger partial charge on any atom is 0.251 e. The monoisotopic (exact) mass is 386 g/mol. The molecule has 1 N–H and O–H groups in total. The van der Waals surface area contributed by atoms with Crippen LogP contribution in [0.1, 0.15) is 27.7 Å². The van der Waals surface area contributed by atoms with Crippen molar-refractivity contribution in [1.82, 2.24) is 19.1 Å². The molecular weight excluding hydrogens is 356 g/mol. The van der Waals surface area contributed by atoms with E-state index >= 15 is 0 Å². The van der Waals surface area contributed by atoms with E-state index in [1.807, 2.05) is 13.8 Å². The van der Waals surface area contributed by atoms with E-state index in [1.165, 1.54) is 22.6 Å². The Labute approximate surface area is 155 Å². The largest absolute Gasteiger partial charge is 0.353 e. The number of aromatic nitrogens is 1. The van der Waals surface area contributed by atoms with Gasteiger partial charge in [-0.1, -0.05) is 27.7 Å². The fourth-order valence-electron chi connectivity index (χ4n) is 2.60. The molecule has 1 heterocycles. The van der Waals surface area contributed by atoms with Gasteiger partial charge >= 0.3 is 0 Å². The lowest BCUT2D eigenvalue weighted by molar-refractivity contribution is -0.121. The minimum atomic E-state index is -3.68. The maximum absolute atomic E-state index is 12.6. The predicted octanol–water partition coefficient (Wildman–Crippen LogP) is 0.337. The summed E-state index contributed by atoms with van der Waals surface area (Å²) in [4.78, 5) is 26.2. The van der Waals surface area contributed by atoms with Crippen molar-refractivity contribution < 1.29 is 13.2 Å². The van der Waals surface area contributed by atoms with Crippen molar-refractivity contribution in [2.75, 3.05) is 39.3 Å². The molecule has 1 aromatic rings. The average Bonchev–Trinajstić information content (AvgIpc) is 2.61. The lowest BCUT2D eigenvalue weighted by atomic mass is 10.4. The molecule has 0 aliphatic rings. The highest BCUT2D eigenvalue weighted by atomic mass is 32.2. The summed E-state index contributed by atoms with van der Waals surface area (Å²) in [7, 11) is -3.68. The summed E-state index contributed by atoms with van der Waals surface area (Å²) in [6, 6.07) is 2.46. The first-order valence-electron chi connectivity index (χ1n) is 8.99. The maximum atomic E-state index is 12.6. The predicted molar refractivity (Wildman–Crippen MR) is 102 cm³/mol. The first-order chi connectivity index (χ1) is 12.3. The highest BCUT2D eigenvalue weighted by Crippen LogP contribution is 2.13. The van der Waals surface area contributed by atoms with Crippen LogP contribution in [0.4, 0.5) is 0 Å². The van der Waals surface area contributed by atoms with Crippen LogP contribution in [0.2, 0.25) is 0 Å². The topological polar surface area (TPSA) is 91.7 Å². The van der Waals surface area contributed by atoms with Crippen molar-refractivity contribution in [3.8, 4) is 0 Å². The van der Waals surface area contributed by atoms with Gasteiger partial charge in [0.15, 0.2) is 0 Å². The minimum Gasteiger partial charge on any atom is -0.353 e. The van der Waals surface area contributed by atoms with E-state index in [1.54, 1.807) is 13.8 Å². The van der Waals surface area contributed by atoms with Crippen molar-refractivity contribution in [3.05, 3.63) is 28.7 Å². The van der Waals surface area contributed by atoms with Crippen LogP contribution in [-0.2, 0) is 21.4 Å². The molecule has 0 fully saturated rings. The molecule has 9 heteroatoms. The van der Waals surface area contributed by atoms with E-state index < -0.39 is 15.6 Å². The van der Waals surface area contributed by atoms with Gasteiger partial charge in [-0.2, -0.15) is 4.31 Å². The molecule has 1 aromatic heterocycles. The van der Waals surface area contributed by atoms with Gasteiger partial charge in [0, 0.05) is 38.4 Å². The van der Waals surface area contributed by atoms with Crippen molar-refractivity contribution in [2.45, 2.75) is 39.1 Å². The first-order valence-corrected chi connectivity index (χ1v) is 10.4. The summed E-state index contributed by atoms with van der Waals surface area (Å²) < 4.78 is 27.6. The number of likely N-dealkylation sites (N-methyl/N-ethyl adjacent to an activating group) is 1. The molecule has 0 spiro atoms. The lowest BCUT2D eigenvalue weighted by Crippen LogP contribution is -2.38. The van der Waals surface area contributed by atoms with Crippen LogP contribution in [0.5, 0.6) is 0 Å². The molecular formula is C17H30N4O4S. The van der Waals surface area contributed by atoms with Crippen LogP contribution >= 0.6 is 0 Å². The number of pyridine rings is 1. The van der Waals surface area contributed by atoms with Crippen LogP contribution in [0.15, 0.2) is 28.0 Å². The Morgan fingerprint density at radius 1 is 1.08 bits per heavy atom. The van der Waals surface area contributed by atoms with Crippen LogP contribution in [0, 0.1) is 0 Å². The van der Waals surface area contributed by atoms with Crippen LogP contribution in [-0.4, -0.2) is 67.4 Å². The average molecular weight is 387 g/mol. The number of amides is 1. The number of carbonyl (C=O) groups is 1. The summed E-state index contributed by atoms with van der Waals surface area (Å²) in [5.74, 6) is -0.323. The number of sulfonamides is 1. The molecule has 0 saturated carbocycles. The van der Waals surface area contributed by atoms with Gasteiger partial charge in [-0.25, -0.2) is 8.42 Å². The summed E-state index contributed by atoms with van der Waals surface area (Å²) in [6.45, 7) is 11.1. The standard InChI is InChI=1S/C17H30N4O4S/c1-5-19(6-2)12-11-18-16(22)14-20-13-15(9-10-17(20)23)26(24,25)21(7-3)8-4/h9-10,13H,5-8,11-12,14H2,1-4H3,(H,18,22). The van der Waals surface area contributed by atoms with Gasteiger partial charge in [-0.3, -0.25) is 9.59 Å². The molecule has 0 aliphatic carbocycles. The molecule has 1 amide bonds. The molecule has 1 rings (SSSR count). The quantitative estimate of drug-likeness (QED) is 0.592. The van der Waals surface area contributed by atoms with Gasteiger partial charge in [0.1, 0.15) is 6.54 Å². The summed E-state index contributed by atoms with van der Waals surface area (Å²) >= 11 is 0. The lowest BCUT2D eigenvalue weighted by Gasteiger charge is -2.19. The van der Waals surface area contributed by atoms with Crippen molar-refractivity contribution in [1.29, 1.82) is 0 Å². The van der Waals surface area contributed by atoms with Gasteiger partial charge in [-0.05, 0) is 19.2 Å². The zero-order valence-electron chi connectivity index (χ0n) is 16.1. The van der Waals surface area contributed by atoms with Gasteiger partial charge in [0.2, 0.25) is 15.9 Å². The molecule has 0 aliphatic heterocycles. The Kier molecular flexibility index (Phi) is 8.97. The van der Waals surface area contributed by atoms with E-state index in [4.69, 9.17) is 0 Å². The fourth-order valence-corrected chi connectivity index (χ4v) is 4.08. The van der Waals surface area contributed by atoms with Crippen LogP contribution in [0.25, 0.3) is 0 Å². The molecule has 0 aromatic carbocycles. The van der Waals surface area contributed by atoms with E-state index in [2.05, 4.69) is 10.2 Å². The zero-order valence-corrected chi connectivity index (χ0v) is 16.9. The highest BCUT2D eigenvalue weighted by Gasteiger charge is 2.22. The van der Waals surface area contributed by atoms with Gasteiger partial charge in [0.05, 0.1) is 4.90 Å². The summed E-state index contributed by atoms with van der Waals surface area (Å²) in [5.41, 5.74) is -0.414. The third kappa shape index (κ3) is 5.93.